The second-order valence-corrected chi connectivity index (χ2v) is 7.11. The highest BCUT2D eigenvalue weighted by molar-refractivity contribution is 5.91. The number of ether oxygens (including phenoxy) is 2. The Bertz CT molecular complexity index is 1150. The lowest BCUT2D eigenvalue weighted by molar-refractivity contribution is -0.384. The molecule has 2 heterocycles. The van der Waals surface area contributed by atoms with E-state index in [1.807, 2.05) is 0 Å². The minimum atomic E-state index is -0.424. The van der Waals surface area contributed by atoms with Crippen LogP contribution in [-0.4, -0.2) is 66.2 Å². The number of aromatic nitrogens is 2. The number of urea groups is 1. The molecule has 0 bridgehead atoms. The Morgan fingerprint density at radius 1 is 1.00 bits per heavy atom. The van der Waals surface area contributed by atoms with Crippen LogP contribution in [0.1, 0.15) is 0 Å². The third-order valence-electron chi connectivity index (χ3n) is 5.25. The molecular formula is C21H22N6O5. The summed E-state index contributed by atoms with van der Waals surface area (Å²) in [5.74, 6) is 1.10. The fourth-order valence-electron chi connectivity index (χ4n) is 3.50. The molecule has 1 N–H and O–H groups in total. The molecule has 3 aromatic rings. The van der Waals surface area contributed by atoms with E-state index in [0.717, 1.165) is 5.69 Å². The zero-order valence-electron chi connectivity index (χ0n) is 17.6. The molecule has 11 nitrogen and oxygen atoms in total. The minimum Gasteiger partial charge on any atom is -0.497 e. The Balaban J connectivity index is 1.42. The second kappa shape index (κ2) is 8.92. The summed E-state index contributed by atoms with van der Waals surface area (Å²) in [6.45, 7) is 2.18. The third-order valence-corrected chi connectivity index (χ3v) is 5.25. The van der Waals surface area contributed by atoms with Gasteiger partial charge in [-0.15, -0.1) is 0 Å². The van der Waals surface area contributed by atoms with Crippen LogP contribution in [0.5, 0.6) is 11.6 Å². The SMILES string of the molecule is COc1ccc2nc(NC(=O)N3CCN(c4ccc([N+](=O)[O-])cc4)CC3)c(OC)nc2c1. The number of nitrogens with one attached hydrogen (secondary N) is 1. The predicted molar refractivity (Wildman–Crippen MR) is 119 cm³/mol. The molecular weight excluding hydrogens is 416 g/mol. The molecule has 166 valence electrons. The Labute approximate surface area is 183 Å². The zero-order chi connectivity index (χ0) is 22.7. The number of methoxy groups -OCH3 is 2. The summed E-state index contributed by atoms with van der Waals surface area (Å²) in [4.78, 5) is 35.9. The van der Waals surface area contributed by atoms with Crippen molar-refractivity contribution in [2.75, 3.05) is 50.6 Å². The van der Waals surface area contributed by atoms with E-state index in [-0.39, 0.29) is 23.4 Å². The number of rotatable bonds is 5. The van der Waals surface area contributed by atoms with E-state index in [4.69, 9.17) is 9.47 Å². The van der Waals surface area contributed by atoms with E-state index >= 15 is 0 Å². The molecule has 0 spiro atoms. The highest BCUT2D eigenvalue weighted by Crippen LogP contribution is 2.26. The van der Waals surface area contributed by atoms with Gasteiger partial charge in [-0.2, -0.15) is 0 Å². The Morgan fingerprint density at radius 3 is 2.34 bits per heavy atom. The van der Waals surface area contributed by atoms with Crippen LogP contribution in [0.2, 0.25) is 0 Å². The molecule has 1 saturated heterocycles. The topological polar surface area (TPSA) is 123 Å². The van der Waals surface area contributed by atoms with Crippen molar-refractivity contribution >= 4 is 34.3 Å². The smallest absolute Gasteiger partial charge is 0.323 e. The van der Waals surface area contributed by atoms with Crippen molar-refractivity contribution in [1.29, 1.82) is 0 Å². The number of benzene rings is 2. The number of amides is 2. The van der Waals surface area contributed by atoms with Crippen LogP contribution in [-0.2, 0) is 0 Å². The van der Waals surface area contributed by atoms with Crippen molar-refractivity contribution < 1.29 is 19.2 Å². The van der Waals surface area contributed by atoms with Gasteiger partial charge in [0.15, 0.2) is 5.82 Å². The van der Waals surface area contributed by atoms with E-state index in [1.165, 1.54) is 19.2 Å². The summed E-state index contributed by atoms with van der Waals surface area (Å²) in [6, 6.07) is 11.4. The van der Waals surface area contributed by atoms with Gasteiger partial charge in [-0.25, -0.2) is 14.8 Å². The van der Waals surface area contributed by atoms with Gasteiger partial charge in [-0.05, 0) is 24.3 Å². The standard InChI is InChI=1S/C21H22N6O5/c1-31-16-7-8-17-18(13-16)23-20(32-2)19(22-17)24-21(28)26-11-9-25(10-12-26)14-3-5-15(6-4-14)27(29)30/h3-8,13H,9-12H2,1-2H3,(H,22,24,28). The Morgan fingerprint density at radius 2 is 1.72 bits per heavy atom. The molecule has 0 saturated carbocycles. The van der Waals surface area contributed by atoms with Crippen LogP contribution in [0.4, 0.5) is 22.0 Å². The van der Waals surface area contributed by atoms with Gasteiger partial charge in [0.2, 0.25) is 0 Å². The zero-order valence-corrected chi connectivity index (χ0v) is 17.6. The van der Waals surface area contributed by atoms with Gasteiger partial charge in [0.05, 0.1) is 30.2 Å². The second-order valence-electron chi connectivity index (χ2n) is 7.11. The van der Waals surface area contributed by atoms with Crippen molar-refractivity contribution in [3.63, 3.8) is 0 Å². The highest BCUT2D eigenvalue weighted by Gasteiger charge is 2.23. The Hall–Kier alpha value is -4.15. The minimum absolute atomic E-state index is 0.0515. The normalized spacial score (nSPS) is 13.7. The first-order chi connectivity index (χ1) is 15.5. The van der Waals surface area contributed by atoms with Crippen molar-refractivity contribution in [2.45, 2.75) is 0 Å². The Kier molecular flexibility index (Phi) is 5.88. The molecule has 11 heteroatoms. The summed E-state index contributed by atoms with van der Waals surface area (Å²) < 4.78 is 10.5. The average Bonchev–Trinajstić information content (AvgIpc) is 2.83. The number of carbonyl (C=O) groups is 1. The third kappa shape index (κ3) is 4.31. The van der Waals surface area contributed by atoms with Crippen LogP contribution < -0.4 is 19.7 Å². The number of nitro groups is 1. The van der Waals surface area contributed by atoms with Crippen molar-refractivity contribution in [1.82, 2.24) is 14.9 Å². The van der Waals surface area contributed by atoms with Crippen LogP contribution in [0, 0.1) is 10.1 Å². The number of hydrogen-bond donors (Lipinski definition) is 1. The van der Waals surface area contributed by atoms with Crippen LogP contribution in [0.15, 0.2) is 42.5 Å². The number of fused-ring (bicyclic) bond motifs is 1. The quantitative estimate of drug-likeness (QED) is 0.476. The first-order valence-corrected chi connectivity index (χ1v) is 9.93. The van der Waals surface area contributed by atoms with Gasteiger partial charge < -0.3 is 19.3 Å². The summed E-state index contributed by atoms with van der Waals surface area (Å²) in [6.07, 6.45) is 0. The molecule has 32 heavy (non-hydrogen) atoms. The maximum Gasteiger partial charge on any atom is 0.323 e. The van der Waals surface area contributed by atoms with E-state index in [9.17, 15) is 14.9 Å². The average molecular weight is 438 g/mol. The molecule has 0 atom stereocenters. The van der Waals surface area contributed by atoms with Crippen molar-refractivity contribution in [2.24, 2.45) is 0 Å². The van der Waals surface area contributed by atoms with Gasteiger partial charge in [0, 0.05) is 50.1 Å². The number of nitrogens with zero attached hydrogens (tertiary/aromatic N) is 5. The largest absolute Gasteiger partial charge is 0.497 e. The van der Waals surface area contributed by atoms with E-state index in [0.29, 0.717) is 43.0 Å². The number of anilines is 2. The summed E-state index contributed by atoms with van der Waals surface area (Å²) in [5.41, 5.74) is 2.13. The predicted octanol–water partition coefficient (Wildman–Crippen LogP) is 2.91. The van der Waals surface area contributed by atoms with Crippen LogP contribution >= 0.6 is 0 Å². The fraction of sp³-hybridized carbons (Fsp3) is 0.286. The van der Waals surface area contributed by atoms with Gasteiger partial charge in [0.25, 0.3) is 11.6 Å². The monoisotopic (exact) mass is 438 g/mol. The van der Waals surface area contributed by atoms with Gasteiger partial charge in [-0.3, -0.25) is 15.4 Å². The van der Waals surface area contributed by atoms with Gasteiger partial charge in [-0.1, -0.05) is 0 Å². The molecule has 0 unspecified atom stereocenters. The van der Waals surface area contributed by atoms with Gasteiger partial charge in [0.1, 0.15) is 5.75 Å². The maximum atomic E-state index is 12.8. The molecule has 4 rings (SSSR count). The molecule has 1 aliphatic heterocycles. The molecule has 1 aromatic heterocycles. The van der Waals surface area contributed by atoms with Crippen molar-refractivity contribution in [3.05, 3.63) is 52.6 Å². The van der Waals surface area contributed by atoms with E-state index < -0.39 is 4.92 Å². The van der Waals surface area contributed by atoms with Crippen LogP contribution in [0.25, 0.3) is 11.0 Å². The lowest BCUT2D eigenvalue weighted by atomic mass is 10.2. The number of nitro benzene ring substituents is 1. The molecule has 1 fully saturated rings. The van der Waals surface area contributed by atoms with E-state index in [2.05, 4.69) is 20.2 Å². The number of non-ortho nitro benzene ring substituents is 1. The number of carbonyl (C=O) groups excluding carboxylic acids is 1. The molecule has 0 radical (unpaired) electrons. The first kappa shape index (κ1) is 21.1. The maximum absolute atomic E-state index is 12.8. The molecule has 1 aliphatic rings. The first-order valence-electron chi connectivity index (χ1n) is 9.93. The lowest BCUT2D eigenvalue weighted by Gasteiger charge is -2.36. The van der Waals surface area contributed by atoms with Crippen LogP contribution in [0.3, 0.4) is 0 Å². The summed E-state index contributed by atoms with van der Waals surface area (Å²) in [5, 5.41) is 13.6. The number of hydrogen-bond acceptors (Lipinski definition) is 8. The molecule has 0 aliphatic carbocycles. The lowest BCUT2D eigenvalue weighted by Crippen LogP contribution is -2.50. The van der Waals surface area contributed by atoms with Crippen molar-refractivity contribution in [3.8, 4) is 11.6 Å². The summed E-state index contributed by atoms with van der Waals surface area (Å²) >= 11 is 0. The number of piperazine rings is 1. The fourth-order valence-corrected chi connectivity index (χ4v) is 3.50. The summed E-state index contributed by atoms with van der Waals surface area (Å²) in [7, 11) is 3.04. The van der Waals surface area contributed by atoms with E-state index in [1.54, 1.807) is 42.3 Å². The molecule has 2 aromatic carbocycles. The van der Waals surface area contributed by atoms with Gasteiger partial charge >= 0.3 is 6.03 Å². The highest BCUT2D eigenvalue weighted by atomic mass is 16.6. The molecule has 2 amide bonds.